The van der Waals surface area contributed by atoms with Crippen molar-refractivity contribution >= 4 is 17.2 Å². The summed E-state index contributed by atoms with van der Waals surface area (Å²) < 4.78 is 18.8. The number of piperidine rings is 1. The second-order valence-electron chi connectivity index (χ2n) is 7.42. The summed E-state index contributed by atoms with van der Waals surface area (Å²) in [6.45, 7) is 4.69. The van der Waals surface area contributed by atoms with Crippen molar-refractivity contribution in [3.8, 4) is 10.8 Å². The maximum absolute atomic E-state index is 13.0. The number of benzene rings is 1. The summed E-state index contributed by atoms with van der Waals surface area (Å²) in [5.41, 5.74) is 1.83. The van der Waals surface area contributed by atoms with Crippen molar-refractivity contribution < 1.29 is 13.6 Å². The third kappa shape index (κ3) is 4.92. The number of oxazole rings is 1. The van der Waals surface area contributed by atoms with Crippen LogP contribution in [0.4, 0.5) is 4.39 Å². The van der Waals surface area contributed by atoms with Crippen LogP contribution in [0.2, 0.25) is 0 Å². The van der Waals surface area contributed by atoms with Gasteiger partial charge in [-0.2, -0.15) is 0 Å². The molecule has 1 aromatic carbocycles. The molecule has 0 aliphatic carbocycles. The highest BCUT2D eigenvalue weighted by Gasteiger charge is 2.27. The normalized spacial score (nSPS) is 17.4. The average molecular weight is 414 g/mol. The predicted octanol–water partition coefficient (Wildman–Crippen LogP) is 4.38. The largest absolute Gasteiger partial charge is 0.440 e. The number of carbonyl (C=O) groups is 1. The van der Waals surface area contributed by atoms with Crippen LogP contribution in [0.25, 0.3) is 10.8 Å². The van der Waals surface area contributed by atoms with E-state index in [1.807, 2.05) is 24.4 Å². The second kappa shape index (κ2) is 8.88. The van der Waals surface area contributed by atoms with Crippen molar-refractivity contribution in [2.75, 3.05) is 13.1 Å². The molecule has 1 aliphatic heterocycles. The van der Waals surface area contributed by atoms with Gasteiger partial charge in [-0.1, -0.05) is 18.2 Å². The van der Waals surface area contributed by atoms with Crippen LogP contribution in [0.5, 0.6) is 0 Å². The highest BCUT2D eigenvalue weighted by molar-refractivity contribution is 7.13. The molecule has 29 heavy (non-hydrogen) atoms. The molecule has 7 heteroatoms. The standard InChI is InChI=1S/C22H24FN3O2S/c1-15-19(25-22(28-15)20-5-3-11-29-20)14-26-10-2-4-17(13-26)21(27)24-12-16-6-8-18(23)9-7-16/h3,5-9,11,17H,2,4,10,12-14H2,1H3,(H,24,27). The van der Waals surface area contributed by atoms with E-state index in [0.717, 1.165) is 41.3 Å². The lowest BCUT2D eigenvalue weighted by Crippen LogP contribution is -2.42. The Morgan fingerprint density at radius 3 is 2.93 bits per heavy atom. The van der Waals surface area contributed by atoms with E-state index in [0.29, 0.717) is 25.5 Å². The van der Waals surface area contributed by atoms with Crippen molar-refractivity contribution in [3.05, 3.63) is 64.6 Å². The van der Waals surface area contributed by atoms with E-state index in [9.17, 15) is 9.18 Å². The van der Waals surface area contributed by atoms with E-state index in [1.165, 1.54) is 12.1 Å². The molecule has 152 valence electrons. The number of halogens is 1. The number of hydrogen-bond donors (Lipinski definition) is 1. The van der Waals surface area contributed by atoms with Crippen LogP contribution < -0.4 is 5.32 Å². The summed E-state index contributed by atoms with van der Waals surface area (Å²) in [5, 5.41) is 4.99. The second-order valence-corrected chi connectivity index (χ2v) is 8.37. The topological polar surface area (TPSA) is 58.4 Å². The van der Waals surface area contributed by atoms with E-state index < -0.39 is 0 Å². The van der Waals surface area contributed by atoms with Gasteiger partial charge in [0.05, 0.1) is 16.5 Å². The molecule has 1 atom stereocenters. The molecular formula is C22H24FN3O2S. The Bertz CT molecular complexity index is 953. The maximum Gasteiger partial charge on any atom is 0.236 e. The molecule has 1 amide bonds. The minimum absolute atomic E-state index is 0.0480. The lowest BCUT2D eigenvalue weighted by molar-refractivity contribution is -0.127. The van der Waals surface area contributed by atoms with Gasteiger partial charge >= 0.3 is 0 Å². The van der Waals surface area contributed by atoms with E-state index in [-0.39, 0.29) is 17.6 Å². The van der Waals surface area contributed by atoms with Crippen molar-refractivity contribution in [1.29, 1.82) is 0 Å². The number of nitrogens with zero attached hydrogens (tertiary/aromatic N) is 2. The Kier molecular flexibility index (Phi) is 6.06. The molecule has 5 nitrogen and oxygen atoms in total. The molecule has 1 saturated heterocycles. The van der Waals surface area contributed by atoms with Gasteiger partial charge in [0.15, 0.2) is 0 Å². The zero-order chi connectivity index (χ0) is 20.2. The average Bonchev–Trinajstić information content (AvgIpc) is 3.38. The van der Waals surface area contributed by atoms with Crippen LogP contribution in [0.1, 0.15) is 29.9 Å². The van der Waals surface area contributed by atoms with Gasteiger partial charge in [0, 0.05) is 19.6 Å². The number of rotatable bonds is 6. The van der Waals surface area contributed by atoms with Crippen LogP contribution in [-0.4, -0.2) is 28.9 Å². The fourth-order valence-electron chi connectivity index (χ4n) is 3.64. The maximum atomic E-state index is 13.0. The van der Waals surface area contributed by atoms with Crippen LogP contribution >= 0.6 is 11.3 Å². The molecule has 3 heterocycles. The number of carbonyl (C=O) groups excluding carboxylic acids is 1. The first-order valence-electron chi connectivity index (χ1n) is 9.83. The highest BCUT2D eigenvalue weighted by Crippen LogP contribution is 2.27. The minimum Gasteiger partial charge on any atom is -0.440 e. The lowest BCUT2D eigenvalue weighted by atomic mass is 9.97. The fraction of sp³-hybridized carbons (Fsp3) is 0.364. The molecule has 0 spiro atoms. The smallest absolute Gasteiger partial charge is 0.236 e. The van der Waals surface area contributed by atoms with E-state index in [2.05, 4.69) is 15.2 Å². The molecule has 3 aromatic rings. The van der Waals surface area contributed by atoms with E-state index in [1.54, 1.807) is 23.5 Å². The summed E-state index contributed by atoms with van der Waals surface area (Å²) in [6.07, 6.45) is 1.85. The number of aryl methyl sites for hydroxylation is 1. The molecule has 1 fully saturated rings. The zero-order valence-electron chi connectivity index (χ0n) is 16.4. The first kappa shape index (κ1) is 19.8. The van der Waals surface area contributed by atoms with Crippen molar-refractivity contribution in [1.82, 2.24) is 15.2 Å². The summed E-state index contributed by atoms with van der Waals surface area (Å²) in [6, 6.07) is 10.2. The van der Waals surface area contributed by atoms with Crippen LogP contribution in [0, 0.1) is 18.7 Å². The van der Waals surface area contributed by atoms with Gasteiger partial charge in [-0.15, -0.1) is 11.3 Å². The van der Waals surface area contributed by atoms with Crippen LogP contribution in [0.3, 0.4) is 0 Å². The highest BCUT2D eigenvalue weighted by atomic mass is 32.1. The molecule has 0 saturated carbocycles. The van der Waals surface area contributed by atoms with Crippen molar-refractivity contribution in [2.45, 2.75) is 32.9 Å². The lowest BCUT2D eigenvalue weighted by Gasteiger charge is -2.31. The van der Waals surface area contributed by atoms with Gasteiger partial charge in [0.2, 0.25) is 11.8 Å². The number of aromatic nitrogens is 1. The molecule has 0 radical (unpaired) electrons. The molecule has 2 aromatic heterocycles. The SMILES string of the molecule is Cc1oc(-c2cccs2)nc1CN1CCCC(C(=O)NCc2ccc(F)cc2)C1. The number of likely N-dealkylation sites (tertiary alicyclic amines) is 1. The third-order valence-electron chi connectivity index (χ3n) is 5.25. The van der Waals surface area contributed by atoms with Gasteiger partial charge in [0.25, 0.3) is 0 Å². The molecular weight excluding hydrogens is 389 g/mol. The molecule has 4 rings (SSSR count). The van der Waals surface area contributed by atoms with Crippen LogP contribution in [0.15, 0.2) is 46.2 Å². The zero-order valence-corrected chi connectivity index (χ0v) is 17.2. The van der Waals surface area contributed by atoms with E-state index >= 15 is 0 Å². The minimum atomic E-state index is -0.270. The van der Waals surface area contributed by atoms with Crippen LogP contribution in [-0.2, 0) is 17.9 Å². The summed E-state index contributed by atoms with van der Waals surface area (Å²) >= 11 is 1.61. The van der Waals surface area contributed by atoms with Crippen molar-refractivity contribution in [2.24, 2.45) is 5.92 Å². The number of amides is 1. The summed E-state index contributed by atoms with van der Waals surface area (Å²) in [7, 11) is 0. The van der Waals surface area contributed by atoms with Gasteiger partial charge < -0.3 is 9.73 Å². The van der Waals surface area contributed by atoms with Crippen molar-refractivity contribution in [3.63, 3.8) is 0 Å². The van der Waals surface area contributed by atoms with E-state index in [4.69, 9.17) is 4.42 Å². The molecule has 1 aliphatic rings. The molecule has 1 N–H and O–H groups in total. The molecule has 1 unspecified atom stereocenters. The first-order valence-corrected chi connectivity index (χ1v) is 10.7. The Morgan fingerprint density at radius 2 is 2.17 bits per heavy atom. The first-order chi connectivity index (χ1) is 14.1. The van der Waals surface area contributed by atoms with Gasteiger partial charge in [-0.05, 0) is 55.5 Å². The fourth-order valence-corrected chi connectivity index (χ4v) is 4.29. The Labute approximate surface area is 173 Å². The monoisotopic (exact) mass is 413 g/mol. The summed E-state index contributed by atoms with van der Waals surface area (Å²) in [4.78, 5) is 20.6. The number of thiophene rings is 1. The number of hydrogen-bond acceptors (Lipinski definition) is 5. The number of nitrogens with one attached hydrogen (secondary N) is 1. The Morgan fingerprint density at radius 1 is 1.34 bits per heavy atom. The van der Waals surface area contributed by atoms with Gasteiger partial charge in [-0.25, -0.2) is 9.37 Å². The quantitative estimate of drug-likeness (QED) is 0.652. The van der Waals surface area contributed by atoms with Gasteiger partial charge in [0.1, 0.15) is 11.6 Å². The summed E-state index contributed by atoms with van der Waals surface area (Å²) in [5.74, 6) is 1.23. The Hall–Kier alpha value is -2.51. The Balaban J connectivity index is 1.33. The predicted molar refractivity (Wildman–Crippen MR) is 111 cm³/mol. The molecule has 0 bridgehead atoms. The van der Waals surface area contributed by atoms with Gasteiger partial charge in [-0.3, -0.25) is 9.69 Å². The third-order valence-corrected chi connectivity index (χ3v) is 6.11.